The molecule has 100 valence electrons. The van der Waals surface area contributed by atoms with Crippen LogP contribution < -0.4 is 10.2 Å². The Hall–Kier alpha value is -1.83. The molecule has 3 rings (SSSR count). The first-order chi connectivity index (χ1) is 8.97. The second-order valence-electron chi connectivity index (χ2n) is 4.12. The van der Waals surface area contributed by atoms with Crippen LogP contribution in [0.15, 0.2) is 23.7 Å². The molecule has 2 heterocycles. The Kier molecular flexibility index (Phi) is 2.63. The number of fused-ring (bicyclic) bond motifs is 1. The van der Waals surface area contributed by atoms with Gasteiger partial charge in [-0.1, -0.05) is 0 Å². The van der Waals surface area contributed by atoms with Gasteiger partial charge in [-0.25, -0.2) is 9.78 Å². The van der Waals surface area contributed by atoms with E-state index in [-0.39, 0.29) is 5.69 Å². The van der Waals surface area contributed by atoms with Gasteiger partial charge in [0, 0.05) is 12.2 Å². The Morgan fingerprint density at radius 2 is 2.21 bits per heavy atom. The third kappa shape index (κ3) is 2.01. The Bertz CT molecular complexity index is 639. The van der Waals surface area contributed by atoms with Crippen molar-refractivity contribution in [3.63, 3.8) is 0 Å². The lowest BCUT2D eigenvalue weighted by Crippen LogP contribution is -2.44. The van der Waals surface area contributed by atoms with Gasteiger partial charge in [-0.05, 0) is 18.2 Å². The van der Waals surface area contributed by atoms with Crippen LogP contribution in [-0.2, 0) is 0 Å². The van der Waals surface area contributed by atoms with E-state index in [1.165, 1.54) is 17.4 Å². The van der Waals surface area contributed by atoms with Crippen LogP contribution in [0.5, 0.6) is 0 Å². The number of anilines is 1. The number of alkyl halides is 3. The summed E-state index contributed by atoms with van der Waals surface area (Å²) in [5.74, 6) is 0. The molecule has 1 saturated heterocycles. The van der Waals surface area contributed by atoms with Gasteiger partial charge in [0.25, 0.3) is 0 Å². The number of carbonyl (C=O) groups excluding carboxylic acids is 1. The Morgan fingerprint density at radius 3 is 2.95 bits per heavy atom. The van der Waals surface area contributed by atoms with Crippen molar-refractivity contribution in [2.75, 3.05) is 11.4 Å². The Balaban J connectivity index is 2.04. The van der Waals surface area contributed by atoms with Crippen LogP contribution in [0.1, 0.15) is 0 Å². The number of urea groups is 1. The first-order valence-corrected chi connectivity index (χ1v) is 6.32. The number of rotatable bonds is 1. The zero-order valence-corrected chi connectivity index (χ0v) is 10.3. The van der Waals surface area contributed by atoms with Gasteiger partial charge in [-0.2, -0.15) is 13.2 Å². The monoisotopic (exact) mass is 287 g/mol. The van der Waals surface area contributed by atoms with E-state index in [0.29, 0.717) is 5.52 Å². The fraction of sp³-hybridized carbons (Fsp3) is 0.273. The van der Waals surface area contributed by atoms with Crippen LogP contribution in [0.3, 0.4) is 0 Å². The summed E-state index contributed by atoms with van der Waals surface area (Å²) in [6.07, 6.45) is -4.46. The SMILES string of the molecule is O=C1NCC(C(F)(F)F)N1c1ccc2ncsc2c1. The summed E-state index contributed by atoms with van der Waals surface area (Å²) >= 11 is 1.32. The van der Waals surface area contributed by atoms with E-state index in [1.807, 2.05) is 0 Å². The van der Waals surface area contributed by atoms with Crippen molar-refractivity contribution in [2.24, 2.45) is 0 Å². The molecule has 1 atom stereocenters. The number of halogens is 3. The highest BCUT2D eigenvalue weighted by Gasteiger charge is 2.49. The second-order valence-corrected chi connectivity index (χ2v) is 5.00. The van der Waals surface area contributed by atoms with Crippen molar-refractivity contribution >= 4 is 33.3 Å². The molecule has 19 heavy (non-hydrogen) atoms. The zero-order valence-electron chi connectivity index (χ0n) is 9.44. The van der Waals surface area contributed by atoms with Gasteiger partial charge in [0.2, 0.25) is 0 Å². The molecule has 0 radical (unpaired) electrons. The molecule has 1 aromatic heterocycles. The van der Waals surface area contributed by atoms with Crippen molar-refractivity contribution in [1.29, 1.82) is 0 Å². The Morgan fingerprint density at radius 1 is 1.42 bits per heavy atom. The summed E-state index contributed by atoms with van der Waals surface area (Å²) in [5.41, 5.74) is 2.55. The topological polar surface area (TPSA) is 45.2 Å². The quantitative estimate of drug-likeness (QED) is 0.876. The van der Waals surface area contributed by atoms with Crippen molar-refractivity contribution in [3.05, 3.63) is 23.7 Å². The van der Waals surface area contributed by atoms with Gasteiger partial charge in [-0.3, -0.25) is 4.90 Å². The third-order valence-electron chi connectivity index (χ3n) is 2.95. The normalized spacial score (nSPS) is 20.1. The van der Waals surface area contributed by atoms with Crippen LogP contribution in [-0.4, -0.2) is 29.8 Å². The molecule has 4 nitrogen and oxygen atoms in total. The smallest absolute Gasteiger partial charge is 0.335 e. The van der Waals surface area contributed by atoms with Crippen LogP contribution in [0.25, 0.3) is 10.2 Å². The number of carbonyl (C=O) groups is 1. The summed E-state index contributed by atoms with van der Waals surface area (Å²) in [5, 5.41) is 2.22. The molecule has 0 spiro atoms. The molecule has 1 aliphatic rings. The number of thiazole rings is 1. The summed E-state index contributed by atoms with van der Waals surface area (Å²) in [6.45, 7) is -0.428. The van der Waals surface area contributed by atoms with Gasteiger partial charge in [0.15, 0.2) is 6.04 Å². The maximum atomic E-state index is 12.9. The predicted molar refractivity (Wildman–Crippen MR) is 65.3 cm³/mol. The summed E-state index contributed by atoms with van der Waals surface area (Å²) in [7, 11) is 0. The minimum atomic E-state index is -4.46. The van der Waals surface area contributed by atoms with Crippen LogP contribution in [0.4, 0.5) is 23.7 Å². The van der Waals surface area contributed by atoms with Gasteiger partial charge in [-0.15, -0.1) is 11.3 Å². The minimum Gasteiger partial charge on any atom is -0.335 e. The molecular weight excluding hydrogens is 279 g/mol. The molecule has 1 aromatic carbocycles. The molecule has 2 aromatic rings. The number of nitrogens with zero attached hydrogens (tertiary/aromatic N) is 2. The first kappa shape index (κ1) is 12.2. The maximum Gasteiger partial charge on any atom is 0.411 e. The Labute approximate surface area is 109 Å². The number of aromatic nitrogens is 1. The van der Waals surface area contributed by atoms with Crippen LogP contribution in [0, 0.1) is 0 Å². The lowest BCUT2D eigenvalue weighted by molar-refractivity contribution is -0.142. The van der Waals surface area contributed by atoms with E-state index in [0.717, 1.165) is 9.60 Å². The van der Waals surface area contributed by atoms with E-state index >= 15 is 0 Å². The second kappa shape index (κ2) is 4.09. The number of hydrogen-bond acceptors (Lipinski definition) is 3. The average molecular weight is 287 g/mol. The first-order valence-electron chi connectivity index (χ1n) is 5.44. The van der Waals surface area contributed by atoms with Gasteiger partial charge < -0.3 is 5.32 Å². The molecule has 0 aliphatic carbocycles. The number of amides is 2. The molecule has 0 bridgehead atoms. The van der Waals surface area contributed by atoms with E-state index in [4.69, 9.17) is 0 Å². The minimum absolute atomic E-state index is 0.231. The largest absolute Gasteiger partial charge is 0.411 e. The van der Waals surface area contributed by atoms with E-state index in [9.17, 15) is 18.0 Å². The maximum absolute atomic E-state index is 12.9. The molecule has 8 heteroatoms. The molecule has 2 amide bonds. The molecule has 0 saturated carbocycles. The van der Waals surface area contributed by atoms with Gasteiger partial charge in [0.05, 0.1) is 15.7 Å². The van der Waals surface area contributed by atoms with Crippen molar-refractivity contribution in [1.82, 2.24) is 10.3 Å². The van der Waals surface area contributed by atoms with Crippen molar-refractivity contribution in [2.45, 2.75) is 12.2 Å². The standard InChI is InChI=1S/C11H8F3N3OS/c12-11(13,14)9-4-15-10(18)17(9)6-1-2-7-8(3-6)19-5-16-7/h1-3,5,9H,4H2,(H,15,18). The molecular formula is C11H8F3N3OS. The molecule has 1 N–H and O–H groups in total. The number of hydrogen-bond donors (Lipinski definition) is 1. The molecule has 1 fully saturated rings. The summed E-state index contributed by atoms with van der Waals surface area (Å²) in [4.78, 5) is 16.4. The summed E-state index contributed by atoms with van der Waals surface area (Å²) < 4.78 is 39.4. The number of nitrogens with one attached hydrogen (secondary N) is 1. The lowest BCUT2D eigenvalue weighted by atomic mass is 10.2. The highest BCUT2D eigenvalue weighted by atomic mass is 32.1. The van der Waals surface area contributed by atoms with Gasteiger partial charge in [0.1, 0.15) is 0 Å². The predicted octanol–water partition coefficient (Wildman–Crippen LogP) is 2.76. The molecule has 1 aliphatic heterocycles. The lowest BCUT2D eigenvalue weighted by Gasteiger charge is -2.24. The fourth-order valence-electron chi connectivity index (χ4n) is 2.05. The van der Waals surface area contributed by atoms with E-state index in [1.54, 1.807) is 17.6 Å². The fourth-order valence-corrected chi connectivity index (χ4v) is 2.77. The van der Waals surface area contributed by atoms with Crippen molar-refractivity contribution in [3.8, 4) is 0 Å². The highest BCUT2D eigenvalue weighted by Crippen LogP contribution is 2.33. The average Bonchev–Trinajstić information content (AvgIpc) is 2.92. The van der Waals surface area contributed by atoms with Crippen LogP contribution in [0.2, 0.25) is 0 Å². The highest BCUT2D eigenvalue weighted by molar-refractivity contribution is 7.16. The summed E-state index contributed by atoms with van der Waals surface area (Å²) in [6, 6.07) is 2.08. The van der Waals surface area contributed by atoms with Gasteiger partial charge >= 0.3 is 12.2 Å². The zero-order chi connectivity index (χ0) is 13.6. The van der Waals surface area contributed by atoms with Crippen LogP contribution >= 0.6 is 11.3 Å². The molecule has 1 unspecified atom stereocenters. The van der Waals surface area contributed by atoms with E-state index in [2.05, 4.69) is 10.3 Å². The van der Waals surface area contributed by atoms with E-state index < -0.39 is 24.8 Å². The third-order valence-corrected chi connectivity index (χ3v) is 3.74. The van der Waals surface area contributed by atoms with Crippen molar-refractivity contribution < 1.29 is 18.0 Å². The number of benzene rings is 1.